The molecular formula is C30H34O17. The quantitative estimate of drug-likeness (QED) is 0.107. The second-order valence-electron chi connectivity index (χ2n) is 10.8. The van der Waals surface area contributed by atoms with Crippen LogP contribution in [-0.2, 0) is 18.9 Å². The number of carbonyl (C=O) groups excluding carboxylic acids is 1. The van der Waals surface area contributed by atoms with Gasteiger partial charge in [0, 0.05) is 17.5 Å². The van der Waals surface area contributed by atoms with Crippen molar-refractivity contribution in [2.24, 2.45) is 0 Å². The van der Waals surface area contributed by atoms with Crippen molar-refractivity contribution >= 4 is 16.9 Å². The molecule has 2 aliphatic heterocycles. The number of phenols is 1. The summed E-state index contributed by atoms with van der Waals surface area (Å²) < 4.78 is 48.7. The van der Waals surface area contributed by atoms with Gasteiger partial charge in [-0.25, -0.2) is 9.59 Å². The smallest absolute Gasteiger partial charge is 0.338 e. The summed E-state index contributed by atoms with van der Waals surface area (Å²) in [5, 5.41) is 64.0. The first-order valence-electron chi connectivity index (χ1n) is 14.1. The Hall–Kier alpha value is -4.20. The van der Waals surface area contributed by atoms with Gasteiger partial charge in [-0.1, -0.05) is 0 Å². The van der Waals surface area contributed by atoms with Gasteiger partial charge >= 0.3 is 11.6 Å². The van der Waals surface area contributed by atoms with Gasteiger partial charge in [-0.2, -0.15) is 0 Å². The van der Waals surface area contributed by atoms with Crippen LogP contribution in [0.2, 0.25) is 0 Å². The monoisotopic (exact) mass is 666 g/mol. The molecule has 2 saturated heterocycles. The molecule has 2 aromatic carbocycles. The Balaban J connectivity index is 1.33. The Morgan fingerprint density at radius 3 is 2.26 bits per heavy atom. The zero-order valence-corrected chi connectivity index (χ0v) is 25.3. The van der Waals surface area contributed by atoms with Gasteiger partial charge in [-0.3, -0.25) is 0 Å². The SMILES string of the molecule is COc1cc2ccc(=O)oc2cc1O[C@@H]1O[C@H](CO)[C@@H](O)[C@H](O)[C@H]1O[C@@H]1OC[C@](O)(COC(=O)c2cc(OC)c(O)c(OC)c2)[C@H]1O. The van der Waals surface area contributed by atoms with Gasteiger partial charge in [0.15, 0.2) is 41.0 Å². The highest BCUT2D eigenvalue weighted by molar-refractivity contribution is 5.91. The number of ether oxygens (including phenoxy) is 8. The third kappa shape index (κ3) is 6.78. The van der Waals surface area contributed by atoms with Gasteiger partial charge in [-0.05, 0) is 24.3 Å². The second-order valence-corrected chi connectivity index (χ2v) is 10.8. The fourth-order valence-corrected chi connectivity index (χ4v) is 5.09. The van der Waals surface area contributed by atoms with Crippen molar-refractivity contribution in [3.8, 4) is 28.7 Å². The maximum atomic E-state index is 12.8. The summed E-state index contributed by atoms with van der Waals surface area (Å²) in [6, 6.07) is 7.94. The zero-order chi connectivity index (χ0) is 34.0. The number of aliphatic hydroxyl groups excluding tert-OH is 4. The Bertz CT molecular complexity index is 1620. The van der Waals surface area contributed by atoms with Gasteiger partial charge < -0.3 is 73.0 Å². The molecule has 2 aliphatic rings. The van der Waals surface area contributed by atoms with Crippen molar-refractivity contribution in [3.05, 3.63) is 52.4 Å². The van der Waals surface area contributed by atoms with Crippen LogP contribution in [0.3, 0.4) is 0 Å². The molecule has 0 saturated carbocycles. The van der Waals surface area contributed by atoms with Crippen molar-refractivity contribution in [1.29, 1.82) is 0 Å². The molecule has 256 valence electrons. The van der Waals surface area contributed by atoms with E-state index in [9.17, 15) is 40.2 Å². The van der Waals surface area contributed by atoms with E-state index in [1.807, 2.05) is 0 Å². The largest absolute Gasteiger partial charge is 0.502 e. The summed E-state index contributed by atoms with van der Waals surface area (Å²) in [5.41, 5.74) is -2.80. The number of methoxy groups -OCH3 is 3. The predicted molar refractivity (Wildman–Crippen MR) is 154 cm³/mol. The lowest BCUT2D eigenvalue weighted by Gasteiger charge is -2.42. The highest BCUT2D eigenvalue weighted by Crippen LogP contribution is 2.39. The Labute approximate surface area is 265 Å². The molecule has 0 spiro atoms. The normalized spacial score (nSPS) is 29.0. The van der Waals surface area contributed by atoms with Gasteiger partial charge in [0.25, 0.3) is 0 Å². The molecular weight excluding hydrogens is 632 g/mol. The van der Waals surface area contributed by atoms with Crippen LogP contribution < -0.4 is 24.6 Å². The lowest BCUT2D eigenvalue weighted by molar-refractivity contribution is -0.319. The average Bonchev–Trinajstić information content (AvgIpc) is 3.35. The topological polar surface area (TPSA) is 242 Å². The summed E-state index contributed by atoms with van der Waals surface area (Å²) in [7, 11) is 3.88. The maximum Gasteiger partial charge on any atom is 0.338 e. The number of phenolic OH excluding ortho intramolecular Hbond substituents is 1. The molecule has 0 amide bonds. The van der Waals surface area contributed by atoms with E-state index in [-0.39, 0.29) is 39.9 Å². The number of rotatable bonds is 11. The molecule has 0 bridgehead atoms. The summed E-state index contributed by atoms with van der Waals surface area (Å²) in [6.07, 6.45) is -11.5. The lowest BCUT2D eigenvalue weighted by Crippen LogP contribution is -2.62. The number of aliphatic hydroxyl groups is 5. The van der Waals surface area contributed by atoms with E-state index in [0.29, 0.717) is 5.39 Å². The highest BCUT2D eigenvalue weighted by atomic mass is 16.8. The summed E-state index contributed by atoms with van der Waals surface area (Å²) in [5.74, 6) is -1.33. The van der Waals surface area contributed by atoms with Crippen LogP contribution in [0.5, 0.6) is 28.7 Å². The first kappa shape index (κ1) is 34.1. The van der Waals surface area contributed by atoms with Crippen LogP contribution in [0.25, 0.3) is 11.0 Å². The van der Waals surface area contributed by atoms with Crippen molar-refractivity contribution in [2.45, 2.75) is 48.7 Å². The van der Waals surface area contributed by atoms with Gasteiger partial charge in [0.1, 0.15) is 36.6 Å². The first-order valence-corrected chi connectivity index (χ1v) is 14.1. The molecule has 5 rings (SSSR count). The van der Waals surface area contributed by atoms with Crippen molar-refractivity contribution in [1.82, 2.24) is 0 Å². The van der Waals surface area contributed by atoms with E-state index in [1.165, 1.54) is 57.7 Å². The number of fused-ring (bicyclic) bond motifs is 1. The van der Waals surface area contributed by atoms with Gasteiger partial charge in [0.2, 0.25) is 12.0 Å². The molecule has 47 heavy (non-hydrogen) atoms. The van der Waals surface area contributed by atoms with Crippen molar-refractivity contribution in [3.63, 3.8) is 0 Å². The fourth-order valence-electron chi connectivity index (χ4n) is 5.09. The van der Waals surface area contributed by atoms with E-state index >= 15 is 0 Å². The number of hydrogen-bond donors (Lipinski definition) is 6. The van der Waals surface area contributed by atoms with Crippen LogP contribution in [-0.4, -0.2) is 126 Å². The van der Waals surface area contributed by atoms with Crippen LogP contribution >= 0.6 is 0 Å². The van der Waals surface area contributed by atoms with E-state index in [2.05, 4.69) is 0 Å². The van der Waals surface area contributed by atoms with E-state index in [0.717, 1.165) is 0 Å². The number of hydrogen-bond acceptors (Lipinski definition) is 17. The third-order valence-electron chi connectivity index (χ3n) is 7.74. The van der Waals surface area contributed by atoms with E-state index < -0.39 is 80.1 Å². The molecule has 6 N–H and O–H groups in total. The zero-order valence-electron chi connectivity index (χ0n) is 25.3. The molecule has 1 aromatic heterocycles. The summed E-state index contributed by atoms with van der Waals surface area (Å²) in [6.45, 7) is -2.10. The second kappa shape index (κ2) is 13.9. The lowest BCUT2D eigenvalue weighted by atomic mass is 9.98. The van der Waals surface area contributed by atoms with Crippen LogP contribution in [0.4, 0.5) is 0 Å². The van der Waals surface area contributed by atoms with E-state index in [4.69, 9.17) is 42.3 Å². The van der Waals surface area contributed by atoms with Gasteiger partial charge in [0.05, 0.1) is 40.1 Å². The van der Waals surface area contributed by atoms with Crippen LogP contribution in [0, 0.1) is 0 Å². The molecule has 3 heterocycles. The maximum absolute atomic E-state index is 12.8. The molecule has 3 aromatic rings. The molecule has 8 atom stereocenters. The standard InChI is InChI=1S/C30H34O17/c1-39-16-6-13-4-5-21(32)44-15(13)9-17(16)45-28-25(24(35)23(34)20(10-31)46-28)47-29-26(36)30(38,12-43-29)11-42-27(37)14-7-18(40-2)22(33)19(8-14)41-3/h4-9,20,23-26,28-29,31,33-36,38H,10-12H2,1-3H3/t20-,23-,24+,25-,26+,28-,29+,30-/m1/s1. The minimum Gasteiger partial charge on any atom is -0.502 e. The minimum absolute atomic E-state index is 0.0352. The van der Waals surface area contributed by atoms with Gasteiger partial charge in [-0.15, -0.1) is 0 Å². The molecule has 0 radical (unpaired) electrons. The average molecular weight is 667 g/mol. The number of carbonyl (C=O) groups is 1. The molecule has 2 fully saturated rings. The minimum atomic E-state index is -2.20. The van der Waals surface area contributed by atoms with Crippen molar-refractivity contribution < 1.29 is 77.7 Å². The molecule has 0 unspecified atom stereocenters. The number of esters is 1. The Kier molecular flexibility index (Phi) is 10.1. The number of benzene rings is 2. The summed E-state index contributed by atoms with van der Waals surface area (Å²) in [4.78, 5) is 24.5. The van der Waals surface area contributed by atoms with Crippen LogP contribution in [0.1, 0.15) is 10.4 Å². The molecule has 0 aliphatic carbocycles. The predicted octanol–water partition coefficient (Wildman–Crippen LogP) is -0.967. The highest BCUT2D eigenvalue weighted by Gasteiger charge is 2.54. The molecule has 17 nitrogen and oxygen atoms in total. The number of aromatic hydroxyl groups is 1. The Morgan fingerprint density at radius 1 is 0.936 bits per heavy atom. The van der Waals surface area contributed by atoms with Crippen molar-refractivity contribution in [2.75, 3.05) is 41.2 Å². The van der Waals surface area contributed by atoms with E-state index in [1.54, 1.807) is 0 Å². The summed E-state index contributed by atoms with van der Waals surface area (Å²) >= 11 is 0. The molecule has 17 heteroatoms. The van der Waals surface area contributed by atoms with Crippen LogP contribution in [0.15, 0.2) is 45.6 Å². The fraction of sp³-hybridized carbons (Fsp3) is 0.467. The Morgan fingerprint density at radius 2 is 1.62 bits per heavy atom. The third-order valence-corrected chi connectivity index (χ3v) is 7.74. The first-order chi connectivity index (χ1) is 22.4.